The van der Waals surface area contributed by atoms with E-state index in [0.717, 1.165) is 63.5 Å². The molecule has 2 amide bonds. The van der Waals surface area contributed by atoms with Gasteiger partial charge in [0.15, 0.2) is 11.5 Å². The first-order chi connectivity index (χ1) is 15.9. The van der Waals surface area contributed by atoms with E-state index in [2.05, 4.69) is 38.2 Å². The molecule has 2 rings (SSSR count). The average Bonchev–Trinajstić information content (AvgIpc) is 2.81. The minimum Gasteiger partial charge on any atom is -0.493 e. The van der Waals surface area contributed by atoms with E-state index in [9.17, 15) is 9.59 Å². The van der Waals surface area contributed by atoms with E-state index >= 15 is 0 Å². The Hall–Kier alpha value is -2.50. The van der Waals surface area contributed by atoms with Crippen LogP contribution in [-0.2, 0) is 11.3 Å². The lowest BCUT2D eigenvalue weighted by atomic mass is 9.99. The first kappa shape index (κ1) is 29.5. The summed E-state index contributed by atoms with van der Waals surface area (Å²) in [6, 6.07) is 5.68. The van der Waals surface area contributed by atoms with Gasteiger partial charge < -0.3 is 19.7 Å². The maximum absolute atomic E-state index is 12.8. The van der Waals surface area contributed by atoms with Crippen LogP contribution < -0.4 is 14.8 Å². The topological polar surface area (TPSA) is 67.9 Å². The molecule has 1 atom stereocenters. The predicted octanol–water partition coefficient (Wildman–Crippen LogP) is 6.87. The maximum Gasteiger partial charge on any atom is 0.415 e. The molecule has 1 aromatic rings. The summed E-state index contributed by atoms with van der Waals surface area (Å²) in [6.45, 7) is 7.62. The maximum atomic E-state index is 12.8. The molecule has 1 unspecified atom stereocenters. The Morgan fingerprint density at radius 3 is 2.71 bits per heavy atom. The summed E-state index contributed by atoms with van der Waals surface area (Å²) in [5, 5.41) is 2.96. The largest absolute Gasteiger partial charge is 0.493 e. The zero-order valence-corrected chi connectivity index (χ0v) is 20.9. The molecule has 0 radical (unpaired) electrons. The van der Waals surface area contributed by atoms with E-state index in [1.54, 1.807) is 13.2 Å². The van der Waals surface area contributed by atoms with E-state index in [0.29, 0.717) is 30.4 Å². The molecule has 6 nitrogen and oxygen atoms in total. The van der Waals surface area contributed by atoms with Crippen molar-refractivity contribution in [1.29, 1.82) is 0 Å². The number of likely N-dealkylation sites (tertiary alicyclic amines) is 1. The van der Waals surface area contributed by atoms with E-state index in [1.807, 2.05) is 17.0 Å². The third kappa shape index (κ3) is 10.2. The number of carbonyl (C=O) groups is 2. The number of carbonyl (C=O) groups excluding carboxylic acids is 2. The molecule has 0 saturated carbocycles. The summed E-state index contributed by atoms with van der Waals surface area (Å²) in [6.07, 6.45) is 12.8. The van der Waals surface area contributed by atoms with Crippen LogP contribution in [0.2, 0.25) is 0 Å². The van der Waals surface area contributed by atoms with Crippen LogP contribution in [0.4, 0.5) is 4.79 Å². The van der Waals surface area contributed by atoms with Gasteiger partial charge in [-0.25, -0.2) is 4.79 Å². The Kier molecular flexibility index (Phi) is 14.1. The molecule has 0 bridgehead atoms. The summed E-state index contributed by atoms with van der Waals surface area (Å²) < 4.78 is 11.2. The van der Waals surface area contributed by atoms with Crippen molar-refractivity contribution in [1.82, 2.24) is 10.2 Å². The molecule has 0 spiro atoms. The van der Waals surface area contributed by atoms with Gasteiger partial charge >= 0.3 is 6.09 Å². The van der Waals surface area contributed by atoms with Gasteiger partial charge in [-0.3, -0.25) is 4.79 Å². The van der Waals surface area contributed by atoms with E-state index in [1.165, 1.54) is 0 Å². The smallest absolute Gasteiger partial charge is 0.415 e. The van der Waals surface area contributed by atoms with Crippen LogP contribution in [0.5, 0.6) is 11.5 Å². The molecule has 0 aromatic heterocycles. The van der Waals surface area contributed by atoms with Crippen molar-refractivity contribution < 1.29 is 19.1 Å². The molecule has 0 aliphatic carbocycles. The molecule has 6 heteroatoms. The van der Waals surface area contributed by atoms with Crippen LogP contribution in [0.25, 0.3) is 0 Å². The molecule has 1 aliphatic rings. The average molecular weight is 475 g/mol. The number of hydrogen-bond acceptors (Lipinski definition) is 4. The minimum absolute atomic E-state index is 0. The van der Waals surface area contributed by atoms with Crippen molar-refractivity contribution in [3.63, 3.8) is 0 Å². The first-order valence-corrected chi connectivity index (χ1v) is 12.5. The SMILES string of the molecule is C.CCCC1CCCCN1C(=O)Oc1ccc(CNC(=O)CCCC/C=C/C(C)C)cc1OC. The van der Waals surface area contributed by atoms with Crippen LogP contribution in [0.3, 0.4) is 0 Å². The van der Waals surface area contributed by atoms with E-state index in [4.69, 9.17) is 9.47 Å². The van der Waals surface area contributed by atoms with Crippen LogP contribution in [0.1, 0.15) is 91.5 Å². The first-order valence-electron chi connectivity index (χ1n) is 12.5. The molecule has 1 N–H and O–H groups in total. The summed E-state index contributed by atoms with van der Waals surface area (Å²) in [5.41, 5.74) is 0.904. The number of rotatable bonds is 12. The molecular formula is C28H46N2O4. The van der Waals surface area contributed by atoms with Crippen LogP contribution in [-0.4, -0.2) is 36.6 Å². The van der Waals surface area contributed by atoms with E-state index in [-0.39, 0.29) is 25.5 Å². The zero-order chi connectivity index (χ0) is 24.1. The molecular weight excluding hydrogens is 428 g/mol. The second kappa shape index (κ2) is 16.2. The van der Waals surface area contributed by atoms with Crippen LogP contribution in [0.15, 0.2) is 30.4 Å². The Morgan fingerprint density at radius 1 is 1.21 bits per heavy atom. The Balaban J connectivity index is 0.00000578. The molecule has 1 fully saturated rings. The van der Waals surface area contributed by atoms with Gasteiger partial charge in [-0.05, 0) is 68.6 Å². The fourth-order valence-electron chi connectivity index (χ4n) is 4.14. The highest BCUT2D eigenvalue weighted by Crippen LogP contribution is 2.30. The Morgan fingerprint density at radius 2 is 2.00 bits per heavy atom. The third-order valence-electron chi connectivity index (χ3n) is 5.94. The molecule has 1 heterocycles. The fraction of sp³-hybridized carbons (Fsp3) is 0.643. The number of allylic oxidation sites excluding steroid dienone is 2. The number of unbranched alkanes of at least 4 members (excludes halogenated alkanes) is 2. The highest BCUT2D eigenvalue weighted by Gasteiger charge is 2.28. The van der Waals surface area contributed by atoms with Gasteiger partial charge in [0.2, 0.25) is 5.91 Å². The minimum atomic E-state index is -0.309. The lowest BCUT2D eigenvalue weighted by molar-refractivity contribution is -0.121. The van der Waals surface area contributed by atoms with Crippen molar-refractivity contribution in [2.75, 3.05) is 13.7 Å². The monoisotopic (exact) mass is 474 g/mol. The van der Waals surface area contributed by atoms with Gasteiger partial charge in [0.1, 0.15) is 0 Å². The number of methoxy groups -OCH3 is 1. The van der Waals surface area contributed by atoms with Gasteiger partial charge in [0, 0.05) is 25.6 Å². The van der Waals surface area contributed by atoms with Crippen molar-refractivity contribution >= 4 is 12.0 Å². The number of nitrogens with one attached hydrogen (secondary N) is 1. The van der Waals surface area contributed by atoms with Gasteiger partial charge in [-0.15, -0.1) is 0 Å². The van der Waals surface area contributed by atoms with Crippen molar-refractivity contribution in [2.45, 2.75) is 98.6 Å². The van der Waals surface area contributed by atoms with E-state index < -0.39 is 0 Å². The number of ether oxygens (including phenoxy) is 2. The molecule has 1 saturated heterocycles. The lowest BCUT2D eigenvalue weighted by Crippen LogP contribution is -2.45. The van der Waals surface area contributed by atoms with Gasteiger partial charge in [0.25, 0.3) is 0 Å². The lowest BCUT2D eigenvalue weighted by Gasteiger charge is -2.34. The Bertz CT molecular complexity index is 774. The summed E-state index contributed by atoms with van der Waals surface area (Å²) in [4.78, 5) is 26.8. The van der Waals surface area contributed by atoms with Gasteiger partial charge in [-0.1, -0.05) is 52.8 Å². The molecule has 1 aromatic carbocycles. The summed E-state index contributed by atoms with van der Waals surface area (Å²) in [7, 11) is 1.56. The standard InChI is InChI=1S/C27H42N2O4.CH4/c1-5-12-23-14-10-11-18-29(23)27(31)33-24-17-16-22(19-25(24)32-4)20-28-26(30)15-9-7-6-8-13-21(2)3;/h8,13,16-17,19,21,23H,5-7,9-12,14-15,18,20H2,1-4H3,(H,28,30);1H4/b13-8+;. The normalized spacial score (nSPS) is 15.8. The van der Waals surface area contributed by atoms with Crippen LogP contribution in [0, 0.1) is 5.92 Å². The second-order valence-electron chi connectivity index (χ2n) is 9.18. The zero-order valence-electron chi connectivity index (χ0n) is 20.9. The number of nitrogens with zero attached hydrogens (tertiary/aromatic N) is 1. The van der Waals surface area contributed by atoms with Crippen LogP contribution >= 0.6 is 0 Å². The third-order valence-corrected chi connectivity index (χ3v) is 5.94. The highest BCUT2D eigenvalue weighted by molar-refractivity contribution is 5.76. The van der Waals surface area contributed by atoms with Crippen molar-refractivity contribution in [3.8, 4) is 11.5 Å². The molecule has 1 aliphatic heterocycles. The predicted molar refractivity (Wildman–Crippen MR) is 139 cm³/mol. The molecule has 34 heavy (non-hydrogen) atoms. The second-order valence-corrected chi connectivity index (χ2v) is 9.18. The molecule has 192 valence electrons. The van der Waals surface area contributed by atoms with Gasteiger partial charge in [-0.2, -0.15) is 0 Å². The van der Waals surface area contributed by atoms with Crippen molar-refractivity contribution in [2.24, 2.45) is 5.92 Å². The quantitative estimate of drug-likeness (QED) is 0.265. The number of piperidine rings is 1. The number of benzene rings is 1. The Labute approximate surface area is 207 Å². The number of hydrogen-bond donors (Lipinski definition) is 1. The number of amides is 2. The fourth-order valence-corrected chi connectivity index (χ4v) is 4.14. The summed E-state index contributed by atoms with van der Waals surface area (Å²) in [5.74, 6) is 1.52. The van der Waals surface area contributed by atoms with Crippen molar-refractivity contribution in [3.05, 3.63) is 35.9 Å². The summed E-state index contributed by atoms with van der Waals surface area (Å²) >= 11 is 0. The highest BCUT2D eigenvalue weighted by atomic mass is 16.6. The van der Waals surface area contributed by atoms with Gasteiger partial charge in [0.05, 0.1) is 7.11 Å².